The van der Waals surface area contributed by atoms with Crippen LogP contribution in [0.15, 0.2) is 30.5 Å². The van der Waals surface area contributed by atoms with E-state index in [1.807, 2.05) is 24.3 Å². The van der Waals surface area contributed by atoms with Gasteiger partial charge in [0.05, 0.1) is 12.5 Å². The molecule has 1 aromatic carbocycles. The summed E-state index contributed by atoms with van der Waals surface area (Å²) in [7, 11) is 0. The predicted octanol–water partition coefficient (Wildman–Crippen LogP) is -0.594. The fourth-order valence-corrected chi connectivity index (χ4v) is 4.27. The minimum atomic E-state index is -1.57. The average molecular weight is 520 g/mol. The number of hydrogen-bond donors (Lipinski definition) is 8. The molecule has 1 fully saturated rings. The van der Waals surface area contributed by atoms with Gasteiger partial charge in [-0.1, -0.05) is 18.2 Å². The highest BCUT2D eigenvalue weighted by Gasteiger charge is 2.32. The number of hydrogen-bond acceptors (Lipinski definition) is 7. The number of carboxylic acid groups (broad SMARTS) is 2. The molecule has 36 heavy (non-hydrogen) atoms. The molecule has 1 aliphatic rings. The fraction of sp³-hybridized carbons (Fsp3) is 0.435. The molecule has 2 aromatic rings. The van der Waals surface area contributed by atoms with Crippen LogP contribution in [0.4, 0.5) is 0 Å². The zero-order valence-corrected chi connectivity index (χ0v) is 20.2. The van der Waals surface area contributed by atoms with E-state index < -0.39 is 54.3 Å². The molecule has 0 aliphatic carbocycles. The lowest BCUT2D eigenvalue weighted by Crippen LogP contribution is -2.58. The van der Waals surface area contributed by atoms with E-state index in [0.29, 0.717) is 13.0 Å². The quantitative estimate of drug-likeness (QED) is 0.171. The summed E-state index contributed by atoms with van der Waals surface area (Å²) in [6, 6.07) is 2.89. The largest absolute Gasteiger partial charge is 0.481 e. The average Bonchev–Trinajstić information content (AvgIpc) is 3.51. The van der Waals surface area contributed by atoms with Crippen molar-refractivity contribution in [3.8, 4) is 0 Å². The monoisotopic (exact) mass is 519 g/mol. The number of aromatic nitrogens is 1. The number of benzene rings is 1. The Balaban J connectivity index is 1.81. The first-order chi connectivity index (χ1) is 17.2. The SMILES string of the molecule is O=C(O)CC(NC(=O)C(Cc1c[nH]c2ccccc12)NC(=O)C1CCCN1)C(=O)NC(CS)C(=O)O. The van der Waals surface area contributed by atoms with Gasteiger partial charge in [0.25, 0.3) is 0 Å². The van der Waals surface area contributed by atoms with Gasteiger partial charge in [-0.05, 0) is 31.0 Å². The molecule has 0 bridgehead atoms. The fourth-order valence-electron chi connectivity index (χ4n) is 4.02. The molecule has 7 N–H and O–H groups in total. The van der Waals surface area contributed by atoms with Crippen molar-refractivity contribution in [1.29, 1.82) is 0 Å². The van der Waals surface area contributed by atoms with E-state index >= 15 is 0 Å². The minimum Gasteiger partial charge on any atom is -0.481 e. The third kappa shape index (κ3) is 6.98. The van der Waals surface area contributed by atoms with Gasteiger partial charge in [-0.15, -0.1) is 0 Å². The molecule has 0 radical (unpaired) electrons. The molecule has 0 saturated carbocycles. The van der Waals surface area contributed by atoms with Gasteiger partial charge < -0.3 is 36.5 Å². The van der Waals surface area contributed by atoms with Crippen LogP contribution in [0.1, 0.15) is 24.8 Å². The van der Waals surface area contributed by atoms with Crippen molar-refractivity contribution in [2.45, 2.75) is 49.9 Å². The molecular formula is C23H29N5O7S. The lowest BCUT2D eigenvalue weighted by atomic mass is 10.0. The highest BCUT2D eigenvalue weighted by molar-refractivity contribution is 7.80. The van der Waals surface area contributed by atoms with Gasteiger partial charge in [0.2, 0.25) is 17.7 Å². The number of nitrogens with one attached hydrogen (secondary N) is 5. The third-order valence-corrected chi connectivity index (χ3v) is 6.28. The van der Waals surface area contributed by atoms with Crippen molar-refractivity contribution in [2.24, 2.45) is 0 Å². The summed E-state index contributed by atoms with van der Waals surface area (Å²) in [5, 5.41) is 29.6. The second kappa shape index (κ2) is 12.4. The molecule has 2 heterocycles. The zero-order valence-electron chi connectivity index (χ0n) is 19.3. The molecule has 3 rings (SSSR count). The normalized spacial score (nSPS) is 17.6. The highest BCUT2D eigenvalue weighted by Crippen LogP contribution is 2.19. The first-order valence-corrected chi connectivity index (χ1v) is 12.1. The Morgan fingerprint density at radius 2 is 1.69 bits per heavy atom. The van der Waals surface area contributed by atoms with Crippen LogP contribution in [0.3, 0.4) is 0 Å². The standard InChI is InChI=1S/C23H29N5O7S/c29-19(30)9-17(22(33)28-18(11-36)23(34)35)27-21(32)16(26-20(31)15-6-3-7-24-15)8-12-10-25-14-5-2-1-4-13(12)14/h1-2,4-5,10,15-18,24-25,36H,3,6-9,11H2,(H,26,31)(H,27,32)(H,28,33)(H,29,30)(H,34,35). The summed E-state index contributed by atoms with van der Waals surface area (Å²) >= 11 is 3.87. The summed E-state index contributed by atoms with van der Waals surface area (Å²) in [6.45, 7) is 0.675. The molecule has 4 atom stereocenters. The maximum atomic E-state index is 13.3. The van der Waals surface area contributed by atoms with Crippen LogP contribution in [0, 0.1) is 0 Å². The minimum absolute atomic E-state index is 0.0735. The Bertz CT molecular complexity index is 1130. The molecule has 1 aliphatic heterocycles. The number of carbonyl (C=O) groups is 5. The van der Waals surface area contributed by atoms with Gasteiger partial charge in [0.1, 0.15) is 18.1 Å². The maximum Gasteiger partial charge on any atom is 0.327 e. The number of fused-ring (bicyclic) bond motifs is 1. The predicted molar refractivity (Wildman–Crippen MR) is 133 cm³/mol. The van der Waals surface area contributed by atoms with Crippen LogP contribution in [0.5, 0.6) is 0 Å². The Morgan fingerprint density at radius 3 is 2.33 bits per heavy atom. The number of aromatic amines is 1. The number of para-hydroxylation sites is 1. The van der Waals surface area contributed by atoms with E-state index in [2.05, 4.69) is 38.9 Å². The van der Waals surface area contributed by atoms with Crippen molar-refractivity contribution in [2.75, 3.05) is 12.3 Å². The van der Waals surface area contributed by atoms with Gasteiger partial charge in [-0.2, -0.15) is 12.6 Å². The Labute approximate surface area is 212 Å². The first-order valence-electron chi connectivity index (χ1n) is 11.4. The van der Waals surface area contributed by atoms with E-state index in [1.54, 1.807) is 6.20 Å². The molecular weight excluding hydrogens is 490 g/mol. The number of H-pyrrole nitrogens is 1. The number of carboxylic acids is 2. The van der Waals surface area contributed by atoms with Crippen LogP contribution in [-0.2, 0) is 30.4 Å². The van der Waals surface area contributed by atoms with E-state index in [0.717, 1.165) is 22.9 Å². The summed E-state index contributed by atoms with van der Waals surface area (Å²) in [5.74, 6) is -5.10. The van der Waals surface area contributed by atoms with Crippen molar-refractivity contribution in [3.63, 3.8) is 0 Å². The van der Waals surface area contributed by atoms with Crippen LogP contribution >= 0.6 is 12.6 Å². The number of carbonyl (C=O) groups excluding carboxylic acids is 3. The van der Waals surface area contributed by atoms with Crippen LogP contribution in [-0.4, -0.2) is 81.3 Å². The second-order valence-electron chi connectivity index (χ2n) is 8.51. The Hall–Kier alpha value is -3.58. The van der Waals surface area contributed by atoms with Gasteiger partial charge in [0.15, 0.2) is 0 Å². The molecule has 3 amide bonds. The zero-order chi connectivity index (χ0) is 26.2. The Kier molecular flexibility index (Phi) is 9.31. The van der Waals surface area contributed by atoms with E-state index in [1.165, 1.54) is 0 Å². The number of aliphatic carboxylic acids is 2. The van der Waals surface area contributed by atoms with E-state index in [-0.39, 0.29) is 18.1 Å². The van der Waals surface area contributed by atoms with Crippen molar-refractivity contribution < 1.29 is 34.2 Å². The highest BCUT2D eigenvalue weighted by atomic mass is 32.1. The van der Waals surface area contributed by atoms with Crippen molar-refractivity contribution in [3.05, 3.63) is 36.0 Å². The number of thiol groups is 1. The molecule has 194 valence electrons. The molecule has 13 heteroatoms. The van der Waals surface area contributed by atoms with Crippen molar-refractivity contribution >= 4 is 53.2 Å². The smallest absolute Gasteiger partial charge is 0.327 e. The lowest BCUT2D eigenvalue weighted by molar-refractivity contribution is -0.143. The van der Waals surface area contributed by atoms with Crippen molar-refractivity contribution in [1.82, 2.24) is 26.3 Å². The topological polar surface area (TPSA) is 190 Å². The molecule has 1 saturated heterocycles. The van der Waals surface area contributed by atoms with Gasteiger partial charge in [-0.25, -0.2) is 4.79 Å². The lowest BCUT2D eigenvalue weighted by Gasteiger charge is -2.24. The number of amides is 3. The van der Waals surface area contributed by atoms with Gasteiger partial charge >= 0.3 is 11.9 Å². The molecule has 0 spiro atoms. The molecule has 12 nitrogen and oxygen atoms in total. The summed E-state index contributed by atoms with van der Waals surface area (Å²) in [6.07, 6.45) is 2.43. The van der Waals surface area contributed by atoms with Gasteiger partial charge in [0, 0.05) is 29.3 Å². The first kappa shape index (κ1) is 27.0. The maximum absolute atomic E-state index is 13.3. The van der Waals surface area contributed by atoms with Gasteiger partial charge in [-0.3, -0.25) is 19.2 Å². The summed E-state index contributed by atoms with van der Waals surface area (Å²) in [5.41, 5.74) is 1.58. The van der Waals surface area contributed by atoms with Crippen LogP contribution in [0.2, 0.25) is 0 Å². The summed E-state index contributed by atoms with van der Waals surface area (Å²) in [4.78, 5) is 64.4. The molecule has 1 aromatic heterocycles. The van der Waals surface area contributed by atoms with E-state index in [9.17, 15) is 29.1 Å². The third-order valence-electron chi connectivity index (χ3n) is 5.92. The summed E-state index contributed by atoms with van der Waals surface area (Å²) < 4.78 is 0. The molecule has 4 unspecified atom stereocenters. The second-order valence-corrected chi connectivity index (χ2v) is 8.88. The van der Waals surface area contributed by atoms with E-state index in [4.69, 9.17) is 5.11 Å². The number of rotatable bonds is 12. The van der Waals surface area contributed by atoms with Crippen LogP contribution < -0.4 is 21.3 Å². The van der Waals surface area contributed by atoms with Crippen LogP contribution in [0.25, 0.3) is 10.9 Å². The Morgan fingerprint density at radius 1 is 1.00 bits per heavy atom.